The fourth-order valence-electron chi connectivity index (χ4n) is 3.03. The number of anilines is 1. The zero-order chi connectivity index (χ0) is 20.1. The third kappa shape index (κ3) is 4.61. The molecule has 3 amide bonds. The molecule has 3 N–H and O–H groups in total. The average Bonchev–Trinajstić information content (AvgIpc) is 3.12. The Labute approximate surface area is 166 Å². The lowest BCUT2D eigenvalue weighted by Gasteiger charge is -2.30. The molecule has 8 nitrogen and oxygen atoms in total. The first-order valence-electron chi connectivity index (χ1n) is 8.81. The maximum Gasteiger partial charge on any atom is 0.407 e. The number of thiophene rings is 1. The summed E-state index contributed by atoms with van der Waals surface area (Å²) in [5, 5.41) is 14.6. The molecule has 0 bridgehead atoms. The van der Waals surface area contributed by atoms with Crippen LogP contribution in [0.5, 0.6) is 0 Å². The topological polar surface area (TPSA) is 108 Å². The Hall–Kier alpha value is -3.07. The van der Waals surface area contributed by atoms with Crippen molar-refractivity contribution in [2.45, 2.75) is 18.9 Å². The number of benzene rings is 1. The second-order valence-corrected chi connectivity index (χ2v) is 7.41. The average molecular weight is 403 g/mol. The van der Waals surface area contributed by atoms with E-state index in [0.29, 0.717) is 36.5 Å². The summed E-state index contributed by atoms with van der Waals surface area (Å²) in [6, 6.07) is 10.7. The van der Waals surface area contributed by atoms with E-state index in [9.17, 15) is 14.4 Å². The van der Waals surface area contributed by atoms with E-state index in [4.69, 9.17) is 9.84 Å². The molecule has 0 aliphatic carbocycles. The summed E-state index contributed by atoms with van der Waals surface area (Å²) in [6.45, 7) is 0.759. The number of ether oxygens (including phenoxy) is 1. The minimum atomic E-state index is -0.947. The number of nitrogens with zero attached hydrogens (tertiary/aromatic N) is 1. The third-order valence-electron chi connectivity index (χ3n) is 4.51. The van der Waals surface area contributed by atoms with E-state index < -0.39 is 18.1 Å². The van der Waals surface area contributed by atoms with Crippen LogP contribution in [0.25, 0.3) is 10.4 Å². The molecule has 0 unspecified atom stereocenters. The number of nitrogens with one attached hydrogen (secondary N) is 2. The number of amides is 3. The Kier molecular flexibility index (Phi) is 6.15. The van der Waals surface area contributed by atoms with Crippen molar-refractivity contribution in [2.75, 3.05) is 25.5 Å². The van der Waals surface area contributed by atoms with Crippen LogP contribution in [-0.4, -0.2) is 54.3 Å². The van der Waals surface area contributed by atoms with Crippen molar-refractivity contribution < 1.29 is 24.2 Å². The molecule has 1 aromatic carbocycles. The number of likely N-dealkylation sites (tertiary alicyclic amines) is 1. The van der Waals surface area contributed by atoms with Crippen LogP contribution in [0, 0.1) is 0 Å². The van der Waals surface area contributed by atoms with Gasteiger partial charge in [0.25, 0.3) is 0 Å². The smallest absolute Gasteiger partial charge is 0.407 e. The Morgan fingerprint density at radius 1 is 1.18 bits per heavy atom. The van der Waals surface area contributed by atoms with Gasteiger partial charge in [0.15, 0.2) is 0 Å². The minimum absolute atomic E-state index is 0.121. The molecule has 1 saturated heterocycles. The molecule has 2 aromatic rings. The first-order chi connectivity index (χ1) is 13.5. The van der Waals surface area contributed by atoms with E-state index in [1.165, 1.54) is 23.3 Å². The number of rotatable bonds is 4. The summed E-state index contributed by atoms with van der Waals surface area (Å²) >= 11 is 1.25. The van der Waals surface area contributed by atoms with Crippen LogP contribution >= 0.6 is 11.3 Å². The molecular formula is C19H21N3O5S. The number of methoxy groups -OCH3 is 1. The highest BCUT2D eigenvalue weighted by Crippen LogP contribution is 2.35. The predicted octanol–water partition coefficient (Wildman–Crippen LogP) is 3.47. The van der Waals surface area contributed by atoms with Crippen LogP contribution in [0.3, 0.4) is 0 Å². The second-order valence-electron chi connectivity index (χ2n) is 6.35. The Morgan fingerprint density at radius 2 is 1.86 bits per heavy atom. The summed E-state index contributed by atoms with van der Waals surface area (Å²) in [5.74, 6) is -0.516. The van der Waals surface area contributed by atoms with Crippen molar-refractivity contribution in [1.29, 1.82) is 0 Å². The molecule has 1 fully saturated rings. The lowest BCUT2D eigenvalue weighted by molar-refractivity contribution is 0.0607. The van der Waals surface area contributed by atoms with E-state index >= 15 is 0 Å². The fourth-order valence-corrected chi connectivity index (χ4v) is 4.07. The monoisotopic (exact) mass is 403 g/mol. The third-order valence-corrected chi connectivity index (χ3v) is 5.67. The molecule has 1 aliphatic heterocycles. The predicted molar refractivity (Wildman–Crippen MR) is 106 cm³/mol. The van der Waals surface area contributed by atoms with E-state index in [2.05, 4.69) is 10.6 Å². The molecule has 0 radical (unpaired) electrons. The maximum atomic E-state index is 12.4. The van der Waals surface area contributed by atoms with Gasteiger partial charge in [0, 0.05) is 24.0 Å². The number of esters is 1. The largest absolute Gasteiger partial charge is 0.465 e. The minimum Gasteiger partial charge on any atom is -0.465 e. The quantitative estimate of drug-likeness (QED) is 0.678. The van der Waals surface area contributed by atoms with Crippen LogP contribution in [0.15, 0.2) is 36.4 Å². The van der Waals surface area contributed by atoms with E-state index in [0.717, 1.165) is 10.4 Å². The Morgan fingerprint density at radius 3 is 2.46 bits per heavy atom. The fraction of sp³-hybridized carbons (Fsp3) is 0.316. The van der Waals surface area contributed by atoms with Crippen LogP contribution in [-0.2, 0) is 4.74 Å². The molecule has 0 atom stereocenters. The zero-order valence-corrected chi connectivity index (χ0v) is 16.1. The molecular weight excluding hydrogens is 382 g/mol. The van der Waals surface area contributed by atoms with Crippen molar-refractivity contribution in [1.82, 2.24) is 10.2 Å². The first kappa shape index (κ1) is 19.7. The first-order valence-corrected chi connectivity index (χ1v) is 9.62. The van der Waals surface area contributed by atoms with Gasteiger partial charge in [-0.25, -0.2) is 14.4 Å². The SMILES string of the molecule is COC(=O)c1sc(-c2ccccc2)cc1NC(=O)NC1CCN(C(=O)O)CC1. The van der Waals surface area contributed by atoms with Crippen molar-refractivity contribution >= 4 is 35.1 Å². The van der Waals surface area contributed by atoms with Crippen molar-refractivity contribution in [3.63, 3.8) is 0 Å². The van der Waals surface area contributed by atoms with Gasteiger partial charge in [-0.2, -0.15) is 0 Å². The summed E-state index contributed by atoms with van der Waals surface area (Å²) in [6.07, 6.45) is 0.141. The van der Waals surface area contributed by atoms with Gasteiger partial charge in [0.1, 0.15) is 4.88 Å². The number of carbonyl (C=O) groups is 3. The van der Waals surface area contributed by atoms with Gasteiger partial charge in [0.2, 0.25) is 0 Å². The van der Waals surface area contributed by atoms with Gasteiger partial charge >= 0.3 is 18.1 Å². The van der Waals surface area contributed by atoms with Crippen LogP contribution < -0.4 is 10.6 Å². The van der Waals surface area contributed by atoms with Crippen LogP contribution in [0.2, 0.25) is 0 Å². The molecule has 9 heteroatoms. The Balaban J connectivity index is 1.69. The van der Waals surface area contributed by atoms with Gasteiger partial charge in [0.05, 0.1) is 12.8 Å². The van der Waals surface area contributed by atoms with Crippen molar-refractivity contribution in [3.05, 3.63) is 41.3 Å². The zero-order valence-electron chi connectivity index (χ0n) is 15.3. The van der Waals surface area contributed by atoms with Gasteiger partial charge in [-0.05, 0) is 24.5 Å². The van der Waals surface area contributed by atoms with Gasteiger partial charge < -0.3 is 25.4 Å². The number of carboxylic acid groups (broad SMARTS) is 1. The molecule has 1 aliphatic rings. The number of urea groups is 1. The van der Waals surface area contributed by atoms with Gasteiger partial charge in [-0.3, -0.25) is 0 Å². The molecule has 28 heavy (non-hydrogen) atoms. The molecule has 148 valence electrons. The number of hydrogen-bond donors (Lipinski definition) is 3. The molecule has 0 saturated carbocycles. The summed E-state index contributed by atoms with van der Waals surface area (Å²) < 4.78 is 4.83. The summed E-state index contributed by atoms with van der Waals surface area (Å²) in [5.41, 5.74) is 1.32. The molecule has 3 rings (SSSR count). The highest BCUT2D eigenvalue weighted by molar-refractivity contribution is 7.18. The van der Waals surface area contributed by atoms with Crippen molar-refractivity contribution in [3.8, 4) is 10.4 Å². The molecule has 0 spiro atoms. The number of carbonyl (C=O) groups excluding carboxylic acids is 2. The number of hydrogen-bond acceptors (Lipinski definition) is 5. The highest BCUT2D eigenvalue weighted by atomic mass is 32.1. The lowest BCUT2D eigenvalue weighted by Crippen LogP contribution is -2.47. The Bertz CT molecular complexity index is 860. The standard InChI is InChI=1S/C19H21N3O5S/c1-27-17(23)16-14(11-15(28-16)12-5-3-2-4-6-12)21-18(24)20-13-7-9-22(10-8-13)19(25)26/h2-6,11,13H,7-10H2,1H3,(H,25,26)(H2,20,21,24). The van der Waals surface area contributed by atoms with Crippen molar-refractivity contribution in [2.24, 2.45) is 0 Å². The molecule has 2 heterocycles. The van der Waals surface area contributed by atoms with Crippen LogP contribution in [0.1, 0.15) is 22.5 Å². The van der Waals surface area contributed by atoms with E-state index in [1.54, 1.807) is 6.07 Å². The van der Waals surface area contributed by atoms with E-state index in [1.807, 2.05) is 30.3 Å². The van der Waals surface area contributed by atoms with E-state index in [-0.39, 0.29) is 6.04 Å². The van der Waals surface area contributed by atoms with Gasteiger partial charge in [-0.1, -0.05) is 30.3 Å². The highest BCUT2D eigenvalue weighted by Gasteiger charge is 2.24. The lowest BCUT2D eigenvalue weighted by atomic mass is 10.1. The van der Waals surface area contributed by atoms with Gasteiger partial charge in [-0.15, -0.1) is 11.3 Å². The maximum absolute atomic E-state index is 12.4. The molecule has 1 aromatic heterocycles. The number of piperidine rings is 1. The second kappa shape index (κ2) is 8.75. The summed E-state index contributed by atoms with van der Waals surface area (Å²) in [7, 11) is 1.30. The van der Waals surface area contributed by atoms with Crippen LogP contribution in [0.4, 0.5) is 15.3 Å². The summed E-state index contributed by atoms with van der Waals surface area (Å²) in [4.78, 5) is 38.0. The normalized spacial score (nSPS) is 14.4.